The van der Waals surface area contributed by atoms with Crippen molar-refractivity contribution in [3.05, 3.63) is 41.5 Å². The molecule has 2 saturated carbocycles. The molecule has 1 aromatic carbocycles. The van der Waals surface area contributed by atoms with Gasteiger partial charge in [-0.15, -0.1) is 0 Å². The summed E-state index contributed by atoms with van der Waals surface area (Å²) < 4.78 is 5.86. The van der Waals surface area contributed by atoms with Crippen LogP contribution in [0, 0.1) is 5.41 Å². The number of ketones is 1. The lowest BCUT2D eigenvalue weighted by Gasteiger charge is -2.16. The molecule has 2 heteroatoms. The molecule has 2 aliphatic carbocycles. The van der Waals surface area contributed by atoms with Crippen molar-refractivity contribution < 1.29 is 9.53 Å². The van der Waals surface area contributed by atoms with Crippen LogP contribution in [0.4, 0.5) is 0 Å². The molecule has 18 heavy (non-hydrogen) atoms. The second kappa shape index (κ2) is 4.27. The van der Waals surface area contributed by atoms with Crippen molar-refractivity contribution in [2.75, 3.05) is 6.61 Å². The number of allylic oxidation sites excluding steroid dienone is 1. The smallest absolute Gasteiger partial charge is 0.143 e. The quantitative estimate of drug-likeness (QED) is 0.757. The molecule has 0 heterocycles. The van der Waals surface area contributed by atoms with E-state index in [1.807, 2.05) is 25.1 Å². The van der Waals surface area contributed by atoms with Crippen LogP contribution in [0.2, 0.25) is 0 Å². The molecule has 2 fully saturated rings. The fourth-order valence-electron chi connectivity index (χ4n) is 3.00. The van der Waals surface area contributed by atoms with Crippen LogP contribution < -0.4 is 0 Å². The molecule has 0 radical (unpaired) electrons. The summed E-state index contributed by atoms with van der Waals surface area (Å²) in [7, 11) is 0. The Bertz CT molecular complexity index is 495. The highest BCUT2D eigenvalue weighted by molar-refractivity contribution is 5.96. The Balaban J connectivity index is 2.07. The third-order valence-corrected chi connectivity index (χ3v) is 4.06. The summed E-state index contributed by atoms with van der Waals surface area (Å²) in [4.78, 5) is 12.0. The Hall–Kier alpha value is -1.57. The van der Waals surface area contributed by atoms with E-state index in [1.165, 1.54) is 5.57 Å². The van der Waals surface area contributed by atoms with E-state index in [9.17, 15) is 4.79 Å². The fourth-order valence-corrected chi connectivity index (χ4v) is 3.00. The van der Waals surface area contributed by atoms with E-state index < -0.39 is 0 Å². The Morgan fingerprint density at radius 1 is 1.22 bits per heavy atom. The highest BCUT2D eigenvalue weighted by atomic mass is 16.5. The molecule has 1 spiro atoms. The number of benzene rings is 1. The zero-order valence-corrected chi connectivity index (χ0v) is 10.7. The SMILES string of the molecule is CCO/C(=C1\CCC(=O)C12CC2)c1ccccc1. The topological polar surface area (TPSA) is 26.3 Å². The summed E-state index contributed by atoms with van der Waals surface area (Å²) in [6, 6.07) is 10.2. The molecule has 2 aliphatic rings. The number of hydrogen-bond acceptors (Lipinski definition) is 2. The second-order valence-corrected chi connectivity index (χ2v) is 5.11. The summed E-state index contributed by atoms with van der Waals surface area (Å²) >= 11 is 0. The minimum atomic E-state index is -0.139. The van der Waals surface area contributed by atoms with Crippen molar-refractivity contribution in [2.45, 2.75) is 32.6 Å². The van der Waals surface area contributed by atoms with Crippen LogP contribution in [0.15, 0.2) is 35.9 Å². The number of rotatable bonds is 3. The molecule has 0 N–H and O–H groups in total. The molecule has 0 amide bonds. The fraction of sp³-hybridized carbons (Fsp3) is 0.438. The van der Waals surface area contributed by atoms with Crippen molar-refractivity contribution >= 4 is 11.5 Å². The van der Waals surface area contributed by atoms with Gasteiger partial charge in [0, 0.05) is 12.0 Å². The van der Waals surface area contributed by atoms with Gasteiger partial charge < -0.3 is 4.74 Å². The van der Waals surface area contributed by atoms with Gasteiger partial charge in [0.25, 0.3) is 0 Å². The number of hydrogen-bond donors (Lipinski definition) is 0. The van der Waals surface area contributed by atoms with Gasteiger partial charge in [-0.05, 0) is 31.8 Å². The highest BCUT2D eigenvalue weighted by Crippen LogP contribution is 2.60. The molecular formula is C16H18O2. The van der Waals surface area contributed by atoms with E-state index in [2.05, 4.69) is 12.1 Å². The molecule has 0 atom stereocenters. The van der Waals surface area contributed by atoms with E-state index >= 15 is 0 Å². The van der Waals surface area contributed by atoms with Gasteiger partial charge in [0.05, 0.1) is 12.0 Å². The molecule has 2 nitrogen and oxygen atoms in total. The summed E-state index contributed by atoms with van der Waals surface area (Å²) in [6.45, 7) is 2.65. The molecule has 0 saturated heterocycles. The lowest BCUT2D eigenvalue weighted by molar-refractivity contribution is -0.121. The third-order valence-electron chi connectivity index (χ3n) is 4.06. The highest BCUT2D eigenvalue weighted by Gasteiger charge is 2.56. The average Bonchev–Trinajstić information content (AvgIpc) is 3.13. The van der Waals surface area contributed by atoms with Crippen LogP contribution in [0.1, 0.15) is 38.2 Å². The summed E-state index contributed by atoms with van der Waals surface area (Å²) in [5.41, 5.74) is 2.22. The third kappa shape index (κ3) is 1.67. The van der Waals surface area contributed by atoms with Gasteiger partial charge in [0.15, 0.2) is 0 Å². The Morgan fingerprint density at radius 3 is 2.56 bits per heavy atom. The predicted molar refractivity (Wildman–Crippen MR) is 70.9 cm³/mol. The number of carbonyl (C=O) groups excluding carboxylic acids is 1. The lowest BCUT2D eigenvalue weighted by atomic mass is 9.95. The van der Waals surface area contributed by atoms with Crippen LogP contribution in [0.3, 0.4) is 0 Å². The zero-order chi connectivity index (χ0) is 12.6. The van der Waals surface area contributed by atoms with E-state index in [4.69, 9.17) is 4.74 Å². The van der Waals surface area contributed by atoms with Gasteiger partial charge in [-0.3, -0.25) is 4.79 Å². The van der Waals surface area contributed by atoms with E-state index in [-0.39, 0.29) is 5.41 Å². The largest absolute Gasteiger partial charge is 0.493 e. The van der Waals surface area contributed by atoms with Crippen molar-refractivity contribution in [3.8, 4) is 0 Å². The van der Waals surface area contributed by atoms with Crippen molar-refractivity contribution in [2.24, 2.45) is 5.41 Å². The van der Waals surface area contributed by atoms with Gasteiger partial charge in [-0.1, -0.05) is 30.3 Å². The van der Waals surface area contributed by atoms with Gasteiger partial charge in [-0.2, -0.15) is 0 Å². The van der Waals surface area contributed by atoms with Gasteiger partial charge in [-0.25, -0.2) is 0 Å². The summed E-state index contributed by atoms with van der Waals surface area (Å²) in [5, 5.41) is 0. The normalized spacial score (nSPS) is 23.3. The first-order chi connectivity index (χ1) is 8.78. The van der Waals surface area contributed by atoms with Crippen molar-refractivity contribution in [3.63, 3.8) is 0 Å². The Labute approximate surface area is 108 Å². The van der Waals surface area contributed by atoms with E-state index in [0.717, 1.165) is 30.6 Å². The van der Waals surface area contributed by atoms with Crippen LogP contribution in [-0.2, 0) is 9.53 Å². The van der Waals surface area contributed by atoms with Crippen LogP contribution in [-0.4, -0.2) is 12.4 Å². The summed E-state index contributed by atoms with van der Waals surface area (Å²) in [5.74, 6) is 1.38. The molecule has 94 valence electrons. The van der Waals surface area contributed by atoms with E-state index in [1.54, 1.807) is 0 Å². The molecular weight excluding hydrogens is 224 g/mol. The first-order valence-corrected chi connectivity index (χ1v) is 6.73. The van der Waals surface area contributed by atoms with Crippen LogP contribution >= 0.6 is 0 Å². The maximum atomic E-state index is 12.0. The minimum Gasteiger partial charge on any atom is -0.493 e. The molecule has 0 aliphatic heterocycles. The maximum absolute atomic E-state index is 12.0. The molecule has 0 unspecified atom stereocenters. The van der Waals surface area contributed by atoms with Crippen LogP contribution in [0.25, 0.3) is 5.76 Å². The number of carbonyl (C=O) groups is 1. The molecule has 3 rings (SSSR count). The van der Waals surface area contributed by atoms with Gasteiger partial charge in [0.1, 0.15) is 11.5 Å². The Morgan fingerprint density at radius 2 is 1.94 bits per heavy atom. The van der Waals surface area contributed by atoms with Crippen LogP contribution in [0.5, 0.6) is 0 Å². The average molecular weight is 242 g/mol. The molecule has 0 aromatic heterocycles. The van der Waals surface area contributed by atoms with E-state index in [0.29, 0.717) is 18.8 Å². The Kier molecular flexibility index (Phi) is 2.73. The zero-order valence-electron chi connectivity index (χ0n) is 10.7. The molecule has 1 aromatic rings. The lowest BCUT2D eigenvalue weighted by Crippen LogP contribution is -2.10. The molecule has 0 bridgehead atoms. The number of ether oxygens (including phenoxy) is 1. The monoisotopic (exact) mass is 242 g/mol. The van der Waals surface area contributed by atoms with Gasteiger partial charge >= 0.3 is 0 Å². The first kappa shape index (κ1) is 11.5. The van der Waals surface area contributed by atoms with Gasteiger partial charge in [0.2, 0.25) is 0 Å². The predicted octanol–water partition coefficient (Wildman–Crippen LogP) is 3.58. The maximum Gasteiger partial charge on any atom is 0.143 e. The minimum absolute atomic E-state index is 0.139. The standard InChI is InChI=1S/C16H18O2/c1-2-18-15(12-6-4-3-5-7-12)13-8-9-14(17)16(13)10-11-16/h3-7H,2,8-11H2,1H3/b15-13+. The summed E-state index contributed by atoms with van der Waals surface area (Å²) in [6.07, 6.45) is 3.61. The van der Waals surface area contributed by atoms with Crippen molar-refractivity contribution in [1.82, 2.24) is 0 Å². The first-order valence-electron chi connectivity index (χ1n) is 6.73. The number of Topliss-reactive ketones (excluding diaryl/α,β-unsaturated/α-hetero) is 1. The second-order valence-electron chi connectivity index (χ2n) is 5.11. The van der Waals surface area contributed by atoms with Crippen molar-refractivity contribution in [1.29, 1.82) is 0 Å².